The second-order valence-electron chi connectivity index (χ2n) is 5.95. The SMILES string of the molecule is Cc1ccc(OC2(CC(C)C)CCNCC2)cc1. The molecule has 1 aliphatic heterocycles. The number of hydrogen-bond donors (Lipinski definition) is 1. The third kappa shape index (κ3) is 3.49. The molecule has 1 heterocycles. The van der Waals surface area contributed by atoms with Gasteiger partial charge < -0.3 is 10.1 Å². The summed E-state index contributed by atoms with van der Waals surface area (Å²) in [5.41, 5.74) is 1.32. The van der Waals surface area contributed by atoms with Crippen molar-refractivity contribution in [2.24, 2.45) is 5.92 Å². The first-order valence-electron chi connectivity index (χ1n) is 7.06. The molecule has 0 amide bonds. The first-order chi connectivity index (χ1) is 8.60. The Morgan fingerprint density at radius 1 is 1.17 bits per heavy atom. The topological polar surface area (TPSA) is 21.3 Å². The molecule has 1 saturated heterocycles. The molecule has 1 N–H and O–H groups in total. The van der Waals surface area contributed by atoms with E-state index in [0.717, 1.165) is 38.1 Å². The van der Waals surface area contributed by atoms with Crippen LogP contribution in [0.25, 0.3) is 0 Å². The smallest absolute Gasteiger partial charge is 0.120 e. The maximum atomic E-state index is 6.37. The van der Waals surface area contributed by atoms with E-state index in [0.29, 0.717) is 5.92 Å². The molecule has 0 unspecified atom stereocenters. The van der Waals surface area contributed by atoms with Crippen LogP contribution in [-0.2, 0) is 0 Å². The average Bonchev–Trinajstić information content (AvgIpc) is 2.32. The van der Waals surface area contributed by atoms with Gasteiger partial charge in [0.2, 0.25) is 0 Å². The molecule has 0 spiro atoms. The van der Waals surface area contributed by atoms with E-state index < -0.39 is 0 Å². The molecule has 2 nitrogen and oxygen atoms in total. The second kappa shape index (κ2) is 5.75. The van der Waals surface area contributed by atoms with Gasteiger partial charge >= 0.3 is 0 Å². The van der Waals surface area contributed by atoms with Crippen LogP contribution in [-0.4, -0.2) is 18.7 Å². The maximum Gasteiger partial charge on any atom is 0.120 e. The van der Waals surface area contributed by atoms with Crippen molar-refractivity contribution in [1.29, 1.82) is 0 Å². The van der Waals surface area contributed by atoms with E-state index in [2.05, 4.69) is 50.4 Å². The maximum absolute atomic E-state index is 6.37. The zero-order chi connectivity index (χ0) is 13.0. The molecule has 18 heavy (non-hydrogen) atoms. The van der Waals surface area contributed by atoms with E-state index in [1.807, 2.05) is 0 Å². The molecular weight excluding hydrogens is 222 g/mol. The summed E-state index contributed by atoms with van der Waals surface area (Å²) in [4.78, 5) is 0. The van der Waals surface area contributed by atoms with Gasteiger partial charge in [-0.3, -0.25) is 0 Å². The van der Waals surface area contributed by atoms with Crippen molar-refractivity contribution in [3.63, 3.8) is 0 Å². The molecule has 0 radical (unpaired) electrons. The van der Waals surface area contributed by atoms with Gasteiger partial charge in [-0.05, 0) is 57.3 Å². The summed E-state index contributed by atoms with van der Waals surface area (Å²) in [7, 11) is 0. The van der Waals surface area contributed by atoms with Crippen LogP contribution in [0.4, 0.5) is 0 Å². The largest absolute Gasteiger partial charge is 0.487 e. The Morgan fingerprint density at radius 3 is 2.33 bits per heavy atom. The van der Waals surface area contributed by atoms with Crippen LogP contribution in [0.15, 0.2) is 24.3 Å². The summed E-state index contributed by atoms with van der Waals surface area (Å²) >= 11 is 0. The van der Waals surface area contributed by atoms with Crippen LogP contribution < -0.4 is 10.1 Å². The molecule has 0 bridgehead atoms. The number of aryl methyl sites for hydroxylation is 1. The van der Waals surface area contributed by atoms with Crippen LogP contribution in [0.3, 0.4) is 0 Å². The zero-order valence-electron chi connectivity index (χ0n) is 11.8. The third-order valence-corrected chi connectivity index (χ3v) is 3.65. The highest BCUT2D eigenvalue weighted by molar-refractivity contribution is 5.27. The summed E-state index contributed by atoms with van der Waals surface area (Å²) in [6, 6.07) is 8.44. The van der Waals surface area contributed by atoms with Gasteiger partial charge in [0.1, 0.15) is 11.4 Å². The summed E-state index contributed by atoms with van der Waals surface area (Å²) in [6.07, 6.45) is 3.36. The highest BCUT2D eigenvalue weighted by Gasteiger charge is 2.34. The van der Waals surface area contributed by atoms with Gasteiger partial charge in [-0.25, -0.2) is 0 Å². The lowest BCUT2D eigenvalue weighted by molar-refractivity contribution is 0.0173. The Bertz CT molecular complexity index is 363. The van der Waals surface area contributed by atoms with Crippen molar-refractivity contribution >= 4 is 0 Å². The molecule has 1 aliphatic rings. The normalized spacial score (nSPS) is 18.9. The lowest BCUT2D eigenvalue weighted by atomic mass is 9.84. The van der Waals surface area contributed by atoms with Crippen LogP contribution in [0, 0.1) is 12.8 Å². The summed E-state index contributed by atoms with van der Waals surface area (Å²) in [6.45, 7) is 8.81. The fraction of sp³-hybridized carbons (Fsp3) is 0.625. The Labute approximate surface area is 111 Å². The fourth-order valence-corrected chi connectivity index (χ4v) is 2.83. The molecule has 2 heteroatoms. The predicted octanol–water partition coefficient (Wildman–Crippen LogP) is 3.54. The van der Waals surface area contributed by atoms with Gasteiger partial charge in [-0.2, -0.15) is 0 Å². The average molecular weight is 247 g/mol. The lowest BCUT2D eigenvalue weighted by Gasteiger charge is -2.39. The summed E-state index contributed by atoms with van der Waals surface area (Å²) in [5.74, 6) is 1.69. The Balaban J connectivity index is 2.11. The minimum Gasteiger partial charge on any atom is -0.487 e. The van der Waals surface area contributed by atoms with E-state index in [1.54, 1.807) is 0 Å². The van der Waals surface area contributed by atoms with Gasteiger partial charge in [-0.15, -0.1) is 0 Å². The van der Waals surface area contributed by atoms with Crippen molar-refractivity contribution < 1.29 is 4.74 Å². The van der Waals surface area contributed by atoms with Crippen LogP contribution in [0.2, 0.25) is 0 Å². The monoisotopic (exact) mass is 247 g/mol. The van der Waals surface area contributed by atoms with Crippen molar-refractivity contribution in [3.05, 3.63) is 29.8 Å². The highest BCUT2D eigenvalue weighted by atomic mass is 16.5. The van der Waals surface area contributed by atoms with Crippen molar-refractivity contribution in [2.75, 3.05) is 13.1 Å². The van der Waals surface area contributed by atoms with E-state index in [4.69, 9.17) is 4.74 Å². The van der Waals surface area contributed by atoms with Gasteiger partial charge in [0.05, 0.1) is 0 Å². The van der Waals surface area contributed by atoms with Crippen molar-refractivity contribution in [3.8, 4) is 5.75 Å². The Kier molecular flexibility index (Phi) is 4.28. The first kappa shape index (κ1) is 13.4. The quantitative estimate of drug-likeness (QED) is 0.878. The number of hydrogen-bond acceptors (Lipinski definition) is 2. The Hall–Kier alpha value is -1.02. The van der Waals surface area contributed by atoms with E-state index in [-0.39, 0.29) is 5.60 Å². The van der Waals surface area contributed by atoms with E-state index >= 15 is 0 Å². The highest BCUT2D eigenvalue weighted by Crippen LogP contribution is 2.32. The number of nitrogens with one attached hydrogen (secondary N) is 1. The molecule has 0 aliphatic carbocycles. The molecule has 100 valence electrons. The number of benzene rings is 1. The van der Waals surface area contributed by atoms with Gasteiger partial charge in [0, 0.05) is 0 Å². The molecule has 1 fully saturated rings. The predicted molar refractivity (Wildman–Crippen MR) is 76.1 cm³/mol. The van der Waals surface area contributed by atoms with Crippen LogP contribution in [0.5, 0.6) is 5.75 Å². The molecule has 2 rings (SSSR count). The van der Waals surface area contributed by atoms with Crippen molar-refractivity contribution in [2.45, 2.75) is 45.6 Å². The Morgan fingerprint density at radius 2 is 1.78 bits per heavy atom. The van der Waals surface area contributed by atoms with E-state index in [9.17, 15) is 0 Å². The third-order valence-electron chi connectivity index (χ3n) is 3.65. The second-order valence-corrected chi connectivity index (χ2v) is 5.95. The minimum absolute atomic E-state index is 0.0364. The first-order valence-corrected chi connectivity index (χ1v) is 7.06. The molecular formula is C16H25NO. The standard InChI is InChI=1S/C16H25NO/c1-13(2)12-16(8-10-17-11-9-16)18-15-6-4-14(3)5-7-15/h4-7,13,17H,8-12H2,1-3H3. The minimum atomic E-state index is 0.0364. The van der Waals surface area contributed by atoms with Gasteiger partial charge in [-0.1, -0.05) is 31.5 Å². The number of piperidine rings is 1. The van der Waals surface area contributed by atoms with Crippen LogP contribution in [0.1, 0.15) is 38.7 Å². The molecule has 1 aromatic carbocycles. The van der Waals surface area contributed by atoms with E-state index in [1.165, 1.54) is 5.56 Å². The fourth-order valence-electron chi connectivity index (χ4n) is 2.83. The zero-order valence-corrected chi connectivity index (χ0v) is 11.8. The van der Waals surface area contributed by atoms with Crippen LogP contribution >= 0.6 is 0 Å². The molecule has 1 aromatic rings. The molecule has 0 atom stereocenters. The summed E-state index contributed by atoms with van der Waals surface area (Å²) < 4.78 is 6.37. The number of rotatable bonds is 4. The summed E-state index contributed by atoms with van der Waals surface area (Å²) in [5, 5.41) is 3.43. The van der Waals surface area contributed by atoms with Gasteiger partial charge in [0.25, 0.3) is 0 Å². The van der Waals surface area contributed by atoms with Crippen molar-refractivity contribution in [1.82, 2.24) is 5.32 Å². The molecule has 0 aromatic heterocycles. The lowest BCUT2D eigenvalue weighted by Crippen LogP contribution is -2.47. The molecule has 0 saturated carbocycles. The number of ether oxygens (including phenoxy) is 1. The van der Waals surface area contributed by atoms with Gasteiger partial charge in [0.15, 0.2) is 0 Å².